The van der Waals surface area contributed by atoms with Gasteiger partial charge in [0.2, 0.25) is 0 Å². The SMILES string of the molecule is Cc1cc(CN2CCC3(CCNC3)C2)cc(C)c1OCc1ccccn1. The predicted molar refractivity (Wildman–Crippen MR) is 104 cm³/mol. The molecule has 2 saturated heterocycles. The summed E-state index contributed by atoms with van der Waals surface area (Å²) in [5.74, 6) is 0.997. The molecular weight excluding hydrogens is 322 g/mol. The van der Waals surface area contributed by atoms with Crippen molar-refractivity contribution in [2.75, 3.05) is 26.2 Å². The van der Waals surface area contributed by atoms with Crippen LogP contribution in [-0.4, -0.2) is 36.1 Å². The number of nitrogens with zero attached hydrogens (tertiary/aromatic N) is 2. The van der Waals surface area contributed by atoms with Crippen molar-refractivity contribution in [2.45, 2.75) is 39.8 Å². The van der Waals surface area contributed by atoms with Gasteiger partial charge in [0.1, 0.15) is 12.4 Å². The van der Waals surface area contributed by atoms with Gasteiger partial charge in [-0.2, -0.15) is 0 Å². The molecule has 0 aliphatic carbocycles. The maximum Gasteiger partial charge on any atom is 0.130 e. The fraction of sp³-hybridized carbons (Fsp3) is 0.500. The van der Waals surface area contributed by atoms with E-state index in [0.717, 1.165) is 18.0 Å². The van der Waals surface area contributed by atoms with E-state index in [1.807, 2.05) is 24.4 Å². The van der Waals surface area contributed by atoms with Crippen LogP contribution in [0.25, 0.3) is 0 Å². The molecular formula is C22H29N3O. The number of hydrogen-bond donors (Lipinski definition) is 1. The number of benzene rings is 1. The highest BCUT2D eigenvalue weighted by atomic mass is 16.5. The van der Waals surface area contributed by atoms with Gasteiger partial charge in [0, 0.05) is 25.8 Å². The van der Waals surface area contributed by atoms with E-state index >= 15 is 0 Å². The first-order valence-corrected chi connectivity index (χ1v) is 9.70. The summed E-state index contributed by atoms with van der Waals surface area (Å²) in [4.78, 5) is 6.96. The Balaban J connectivity index is 1.41. The Kier molecular flexibility index (Phi) is 4.96. The van der Waals surface area contributed by atoms with Gasteiger partial charge in [-0.3, -0.25) is 9.88 Å². The van der Waals surface area contributed by atoms with Gasteiger partial charge < -0.3 is 10.1 Å². The van der Waals surface area contributed by atoms with Crippen molar-refractivity contribution in [1.82, 2.24) is 15.2 Å². The monoisotopic (exact) mass is 351 g/mol. The quantitative estimate of drug-likeness (QED) is 0.895. The standard InChI is InChI=1S/C22H29N3O/c1-17-11-19(13-25-10-7-22(16-25)6-9-23-15-22)12-18(2)21(17)26-14-20-5-3-4-8-24-20/h3-5,8,11-12,23H,6-7,9-10,13-16H2,1-2H3. The Morgan fingerprint density at radius 2 is 2.04 bits per heavy atom. The first-order chi connectivity index (χ1) is 12.6. The first-order valence-electron chi connectivity index (χ1n) is 9.70. The lowest BCUT2D eigenvalue weighted by molar-refractivity contribution is 0.268. The Morgan fingerprint density at radius 3 is 2.73 bits per heavy atom. The van der Waals surface area contributed by atoms with Gasteiger partial charge in [-0.1, -0.05) is 18.2 Å². The summed E-state index contributed by atoms with van der Waals surface area (Å²) in [6, 6.07) is 10.5. The number of ether oxygens (including phenoxy) is 1. The lowest BCUT2D eigenvalue weighted by atomic mass is 9.86. The highest BCUT2D eigenvalue weighted by molar-refractivity contribution is 5.43. The molecule has 0 saturated carbocycles. The van der Waals surface area contributed by atoms with Crippen LogP contribution in [-0.2, 0) is 13.2 Å². The van der Waals surface area contributed by atoms with Crippen LogP contribution < -0.4 is 10.1 Å². The second kappa shape index (κ2) is 7.37. The second-order valence-electron chi connectivity index (χ2n) is 8.06. The summed E-state index contributed by atoms with van der Waals surface area (Å²) in [6.45, 7) is 10.7. The molecule has 1 aromatic carbocycles. The molecule has 138 valence electrons. The van der Waals surface area contributed by atoms with Crippen molar-refractivity contribution in [2.24, 2.45) is 5.41 Å². The number of aryl methyl sites for hydroxylation is 2. The molecule has 2 aliphatic heterocycles. The van der Waals surface area contributed by atoms with Crippen LogP contribution in [0.1, 0.15) is 35.2 Å². The molecule has 1 aromatic heterocycles. The molecule has 2 fully saturated rings. The summed E-state index contributed by atoms with van der Waals surface area (Å²) in [5.41, 5.74) is 5.33. The van der Waals surface area contributed by atoms with E-state index in [0.29, 0.717) is 12.0 Å². The number of likely N-dealkylation sites (tertiary alicyclic amines) is 1. The Hall–Kier alpha value is -1.91. The zero-order valence-electron chi connectivity index (χ0n) is 15.9. The van der Waals surface area contributed by atoms with Gasteiger partial charge in [0.25, 0.3) is 0 Å². The summed E-state index contributed by atoms with van der Waals surface area (Å²) in [7, 11) is 0. The van der Waals surface area contributed by atoms with Gasteiger partial charge in [-0.05, 0) is 74.0 Å². The lowest BCUT2D eigenvalue weighted by Crippen LogP contribution is -2.29. The summed E-state index contributed by atoms with van der Waals surface area (Å²) in [5, 5.41) is 3.54. The molecule has 3 heterocycles. The first kappa shape index (κ1) is 17.5. The van der Waals surface area contributed by atoms with E-state index in [9.17, 15) is 0 Å². The third-order valence-electron chi connectivity index (χ3n) is 5.87. The molecule has 4 nitrogen and oxygen atoms in total. The van der Waals surface area contributed by atoms with Gasteiger partial charge in [-0.25, -0.2) is 0 Å². The van der Waals surface area contributed by atoms with Crippen molar-refractivity contribution in [3.63, 3.8) is 0 Å². The van der Waals surface area contributed by atoms with E-state index in [2.05, 4.69) is 41.2 Å². The van der Waals surface area contributed by atoms with Crippen molar-refractivity contribution in [3.8, 4) is 5.75 Å². The molecule has 2 aromatic rings. The summed E-state index contributed by atoms with van der Waals surface area (Å²) in [6.07, 6.45) is 4.48. The van der Waals surface area contributed by atoms with Crippen LogP contribution in [0.3, 0.4) is 0 Å². The van der Waals surface area contributed by atoms with E-state index in [1.54, 1.807) is 0 Å². The molecule has 26 heavy (non-hydrogen) atoms. The smallest absolute Gasteiger partial charge is 0.130 e. The Bertz CT molecular complexity index is 730. The van der Waals surface area contributed by atoms with Crippen LogP contribution in [0.4, 0.5) is 0 Å². The van der Waals surface area contributed by atoms with Crippen LogP contribution in [0.15, 0.2) is 36.5 Å². The molecule has 1 spiro atoms. The van der Waals surface area contributed by atoms with Gasteiger partial charge in [0.15, 0.2) is 0 Å². The van der Waals surface area contributed by atoms with Crippen LogP contribution in [0, 0.1) is 19.3 Å². The molecule has 4 rings (SSSR count). The van der Waals surface area contributed by atoms with Crippen molar-refractivity contribution < 1.29 is 4.74 Å². The molecule has 0 bridgehead atoms. The minimum Gasteiger partial charge on any atom is -0.487 e. The fourth-order valence-electron chi connectivity index (χ4n) is 4.55. The van der Waals surface area contributed by atoms with Crippen LogP contribution >= 0.6 is 0 Å². The third-order valence-corrected chi connectivity index (χ3v) is 5.87. The number of rotatable bonds is 5. The lowest BCUT2D eigenvalue weighted by Gasteiger charge is -2.23. The molecule has 1 N–H and O–H groups in total. The molecule has 0 radical (unpaired) electrons. The van der Waals surface area contributed by atoms with E-state index < -0.39 is 0 Å². The van der Waals surface area contributed by atoms with Crippen molar-refractivity contribution in [3.05, 3.63) is 58.9 Å². The highest BCUT2D eigenvalue weighted by Gasteiger charge is 2.40. The van der Waals surface area contributed by atoms with Gasteiger partial charge in [0.05, 0.1) is 5.69 Å². The molecule has 1 unspecified atom stereocenters. The zero-order valence-corrected chi connectivity index (χ0v) is 15.9. The molecule has 2 aliphatic rings. The van der Waals surface area contributed by atoms with Crippen molar-refractivity contribution in [1.29, 1.82) is 0 Å². The van der Waals surface area contributed by atoms with Crippen LogP contribution in [0.2, 0.25) is 0 Å². The Labute approximate surface area is 156 Å². The number of aromatic nitrogens is 1. The van der Waals surface area contributed by atoms with E-state index in [-0.39, 0.29) is 0 Å². The number of nitrogens with one attached hydrogen (secondary N) is 1. The van der Waals surface area contributed by atoms with E-state index in [1.165, 1.54) is 55.7 Å². The second-order valence-corrected chi connectivity index (χ2v) is 8.06. The minimum atomic E-state index is 0.517. The topological polar surface area (TPSA) is 37.4 Å². The highest BCUT2D eigenvalue weighted by Crippen LogP contribution is 2.37. The normalized spacial score (nSPS) is 23.0. The molecule has 4 heteroatoms. The maximum atomic E-state index is 6.07. The van der Waals surface area contributed by atoms with Crippen molar-refractivity contribution >= 4 is 0 Å². The Morgan fingerprint density at radius 1 is 1.19 bits per heavy atom. The largest absolute Gasteiger partial charge is 0.487 e. The molecule has 1 atom stereocenters. The average Bonchev–Trinajstić information content (AvgIpc) is 3.25. The fourth-order valence-corrected chi connectivity index (χ4v) is 4.55. The molecule has 0 amide bonds. The summed E-state index contributed by atoms with van der Waals surface area (Å²) >= 11 is 0. The maximum absolute atomic E-state index is 6.07. The number of hydrogen-bond acceptors (Lipinski definition) is 4. The van der Waals surface area contributed by atoms with Crippen LogP contribution in [0.5, 0.6) is 5.75 Å². The average molecular weight is 351 g/mol. The third kappa shape index (κ3) is 3.76. The summed E-state index contributed by atoms with van der Waals surface area (Å²) < 4.78 is 6.07. The van der Waals surface area contributed by atoms with Gasteiger partial charge in [-0.15, -0.1) is 0 Å². The minimum absolute atomic E-state index is 0.517. The zero-order chi connectivity index (χ0) is 18.0. The predicted octanol–water partition coefficient (Wildman–Crippen LogP) is 3.46. The number of pyridine rings is 1. The van der Waals surface area contributed by atoms with Gasteiger partial charge >= 0.3 is 0 Å². The van der Waals surface area contributed by atoms with E-state index in [4.69, 9.17) is 4.74 Å².